The van der Waals surface area contributed by atoms with E-state index >= 15 is 0 Å². The predicted octanol–water partition coefficient (Wildman–Crippen LogP) is 5.92. The van der Waals surface area contributed by atoms with Crippen molar-refractivity contribution in [1.82, 2.24) is 14.8 Å². The third kappa shape index (κ3) is 4.49. The van der Waals surface area contributed by atoms with Crippen LogP contribution in [-0.4, -0.2) is 26.3 Å². The van der Waals surface area contributed by atoms with Crippen LogP contribution in [0.4, 0.5) is 0 Å². The van der Waals surface area contributed by atoms with Gasteiger partial charge in [-0.1, -0.05) is 73.6 Å². The van der Waals surface area contributed by atoms with E-state index in [0.29, 0.717) is 5.75 Å². The van der Waals surface area contributed by atoms with Crippen LogP contribution in [0.15, 0.2) is 77.3 Å². The second-order valence-electron chi connectivity index (χ2n) is 6.61. The van der Waals surface area contributed by atoms with Crippen molar-refractivity contribution in [3.05, 3.63) is 83.2 Å². The molecule has 146 valence electrons. The zero-order valence-electron chi connectivity index (χ0n) is 16.1. The first-order chi connectivity index (χ1) is 14.3. The highest BCUT2D eigenvalue weighted by atomic mass is 32.2. The maximum atomic E-state index is 12.7. The summed E-state index contributed by atoms with van der Waals surface area (Å²) in [7, 11) is 0. The summed E-state index contributed by atoms with van der Waals surface area (Å²) < 4.78 is 2.02. The molecule has 4 aromatic rings. The number of thiophene rings is 1. The van der Waals surface area contributed by atoms with E-state index in [2.05, 4.69) is 17.1 Å². The molecular formula is C23H21N3OS2. The van der Waals surface area contributed by atoms with Crippen molar-refractivity contribution >= 4 is 28.9 Å². The number of Topliss-reactive ketones (excluding diaryl/α,β-unsaturated/α-hetero) is 1. The van der Waals surface area contributed by atoms with Gasteiger partial charge in [0.1, 0.15) is 0 Å². The highest BCUT2D eigenvalue weighted by Gasteiger charge is 2.18. The average Bonchev–Trinajstić information content (AvgIpc) is 3.43. The fourth-order valence-corrected chi connectivity index (χ4v) is 4.64. The zero-order valence-corrected chi connectivity index (χ0v) is 17.7. The average molecular weight is 420 g/mol. The third-order valence-electron chi connectivity index (χ3n) is 4.54. The Morgan fingerprint density at radius 1 is 1.00 bits per heavy atom. The third-order valence-corrected chi connectivity index (χ3v) is 6.33. The fourth-order valence-electron chi connectivity index (χ4n) is 3.10. The van der Waals surface area contributed by atoms with E-state index < -0.39 is 0 Å². The lowest BCUT2D eigenvalue weighted by atomic mass is 10.1. The van der Waals surface area contributed by atoms with Crippen LogP contribution >= 0.6 is 23.1 Å². The molecule has 6 heteroatoms. The Morgan fingerprint density at radius 2 is 1.79 bits per heavy atom. The van der Waals surface area contributed by atoms with E-state index in [0.717, 1.165) is 40.0 Å². The van der Waals surface area contributed by atoms with E-state index in [1.54, 1.807) is 11.3 Å². The van der Waals surface area contributed by atoms with Gasteiger partial charge in [0.05, 0.1) is 10.6 Å². The SMILES string of the molecule is CCCc1ccc(C(=O)CSc2nnc(-c3cccs3)n2-c2ccccc2)cc1. The topological polar surface area (TPSA) is 47.8 Å². The van der Waals surface area contributed by atoms with Gasteiger partial charge in [-0.3, -0.25) is 9.36 Å². The zero-order chi connectivity index (χ0) is 20.1. The predicted molar refractivity (Wildman–Crippen MR) is 120 cm³/mol. The lowest BCUT2D eigenvalue weighted by Crippen LogP contribution is -2.05. The molecular weight excluding hydrogens is 398 g/mol. The molecule has 0 fully saturated rings. The van der Waals surface area contributed by atoms with Crippen molar-refractivity contribution in [1.29, 1.82) is 0 Å². The van der Waals surface area contributed by atoms with Gasteiger partial charge in [0.25, 0.3) is 0 Å². The lowest BCUT2D eigenvalue weighted by Gasteiger charge is -2.09. The Bertz CT molecular complexity index is 1070. The van der Waals surface area contributed by atoms with Crippen LogP contribution in [0.5, 0.6) is 0 Å². The Morgan fingerprint density at radius 3 is 2.48 bits per heavy atom. The molecule has 0 spiro atoms. The fraction of sp³-hybridized carbons (Fsp3) is 0.174. The molecule has 0 atom stereocenters. The van der Waals surface area contributed by atoms with Crippen molar-refractivity contribution in [2.75, 3.05) is 5.75 Å². The second-order valence-corrected chi connectivity index (χ2v) is 8.50. The maximum Gasteiger partial charge on any atom is 0.196 e. The van der Waals surface area contributed by atoms with Gasteiger partial charge < -0.3 is 0 Å². The number of ketones is 1. The Hall–Kier alpha value is -2.70. The monoisotopic (exact) mass is 419 g/mol. The largest absolute Gasteiger partial charge is 0.293 e. The number of aryl methyl sites for hydroxylation is 1. The van der Waals surface area contributed by atoms with Crippen molar-refractivity contribution in [2.24, 2.45) is 0 Å². The summed E-state index contributed by atoms with van der Waals surface area (Å²) in [6.45, 7) is 2.16. The van der Waals surface area contributed by atoms with Gasteiger partial charge in [-0.25, -0.2) is 0 Å². The molecule has 0 saturated heterocycles. The summed E-state index contributed by atoms with van der Waals surface area (Å²) >= 11 is 3.05. The molecule has 2 heterocycles. The molecule has 0 unspecified atom stereocenters. The van der Waals surface area contributed by atoms with Gasteiger partial charge >= 0.3 is 0 Å². The van der Waals surface area contributed by atoms with Gasteiger partial charge in [0.2, 0.25) is 0 Å². The summed E-state index contributed by atoms with van der Waals surface area (Å²) in [5.41, 5.74) is 2.99. The van der Waals surface area contributed by atoms with Crippen molar-refractivity contribution in [3.63, 3.8) is 0 Å². The normalized spacial score (nSPS) is 10.9. The van der Waals surface area contributed by atoms with E-state index in [1.165, 1.54) is 17.3 Å². The first-order valence-corrected chi connectivity index (χ1v) is 11.4. The molecule has 0 bridgehead atoms. The molecule has 29 heavy (non-hydrogen) atoms. The number of benzene rings is 2. The minimum atomic E-state index is 0.0957. The number of aromatic nitrogens is 3. The van der Waals surface area contributed by atoms with E-state index in [9.17, 15) is 4.79 Å². The van der Waals surface area contributed by atoms with E-state index in [4.69, 9.17) is 0 Å². The minimum Gasteiger partial charge on any atom is -0.293 e. The molecule has 0 aliphatic heterocycles. The maximum absolute atomic E-state index is 12.7. The summed E-state index contributed by atoms with van der Waals surface area (Å²) in [5.74, 6) is 1.21. The van der Waals surface area contributed by atoms with Gasteiger partial charge in [0, 0.05) is 11.3 Å². The molecule has 2 aromatic carbocycles. The van der Waals surface area contributed by atoms with Crippen molar-refractivity contribution < 1.29 is 4.79 Å². The number of hydrogen-bond donors (Lipinski definition) is 0. The quantitative estimate of drug-likeness (QED) is 0.263. The molecule has 0 saturated carbocycles. The van der Waals surface area contributed by atoms with Gasteiger partial charge in [-0.05, 0) is 35.6 Å². The summed E-state index contributed by atoms with van der Waals surface area (Å²) in [6.07, 6.45) is 2.14. The highest BCUT2D eigenvalue weighted by Crippen LogP contribution is 2.30. The first-order valence-electron chi connectivity index (χ1n) is 9.56. The molecule has 0 aliphatic rings. The van der Waals surface area contributed by atoms with Crippen LogP contribution in [-0.2, 0) is 6.42 Å². The number of rotatable bonds is 8. The Kier molecular flexibility index (Phi) is 6.22. The van der Waals surface area contributed by atoms with E-state index in [1.807, 2.05) is 76.7 Å². The number of carbonyl (C=O) groups is 1. The highest BCUT2D eigenvalue weighted by molar-refractivity contribution is 7.99. The molecule has 0 radical (unpaired) electrons. The van der Waals surface area contributed by atoms with Crippen LogP contribution in [0.2, 0.25) is 0 Å². The number of hydrogen-bond acceptors (Lipinski definition) is 5. The van der Waals surface area contributed by atoms with Crippen LogP contribution in [0.3, 0.4) is 0 Å². The van der Waals surface area contributed by atoms with E-state index in [-0.39, 0.29) is 5.78 Å². The smallest absolute Gasteiger partial charge is 0.196 e. The van der Waals surface area contributed by atoms with Crippen LogP contribution < -0.4 is 0 Å². The Balaban J connectivity index is 1.56. The molecule has 0 N–H and O–H groups in total. The van der Waals surface area contributed by atoms with Gasteiger partial charge in [0.15, 0.2) is 16.8 Å². The van der Waals surface area contributed by atoms with Crippen LogP contribution in [0.25, 0.3) is 16.4 Å². The molecule has 0 aliphatic carbocycles. The second kappa shape index (κ2) is 9.20. The number of nitrogens with zero attached hydrogens (tertiary/aromatic N) is 3. The number of para-hydroxylation sites is 1. The molecule has 0 amide bonds. The first kappa shape index (κ1) is 19.6. The lowest BCUT2D eigenvalue weighted by molar-refractivity contribution is 0.102. The van der Waals surface area contributed by atoms with Crippen LogP contribution in [0.1, 0.15) is 29.3 Å². The summed E-state index contributed by atoms with van der Waals surface area (Å²) in [4.78, 5) is 13.7. The summed E-state index contributed by atoms with van der Waals surface area (Å²) in [6, 6.07) is 22.0. The minimum absolute atomic E-state index is 0.0957. The summed E-state index contributed by atoms with van der Waals surface area (Å²) in [5, 5.41) is 11.5. The van der Waals surface area contributed by atoms with Gasteiger partial charge in [-0.15, -0.1) is 21.5 Å². The standard InChI is InChI=1S/C23H21N3OS2/c1-2-7-17-11-13-18(14-12-17)20(27)16-29-23-25-24-22(21-10-6-15-28-21)26(23)19-8-4-3-5-9-19/h3-6,8-15H,2,7,16H2,1H3. The molecule has 2 aromatic heterocycles. The van der Waals surface area contributed by atoms with Crippen molar-refractivity contribution in [3.8, 4) is 16.4 Å². The number of thioether (sulfide) groups is 1. The van der Waals surface area contributed by atoms with Gasteiger partial charge in [-0.2, -0.15) is 0 Å². The van der Waals surface area contributed by atoms with Crippen LogP contribution in [0, 0.1) is 0 Å². The molecule has 4 nitrogen and oxygen atoms in total. The molecule has 4 rings (SSSR count). The van der Waals surface area contributed by atoms with Crippen molar-refractivity contribution in [2.45, 2.75) is 24.9 Å². The Labute approximate surface area is 178 Å². The number of carbonyl (C=O) groups excluding carboxylic acids is 1.